The summed E-state index contributed by atoms with van der Waals surface area (Å²) in [5.41, 5.74) is 6.00. The van der Waals surface area contributed by atoms with Crippen LogP contribution in [0.4, 0.5) is 0 Å². The number of benzene rings is 3. The maximum atomic E-state index is 5.64. The van der Waals surface area contributed by atoms with Gasteiger partial charge in [0.25, 0.3) is 0 Å². The first-order valence-electron chi connectivity index (χ1n) is 7.50. The van der Waals surface area contributed by atoms with E-state index in [-0.39, 0.29) is 0 Å². The molecule has 106 valence electrons. The predicted octanol–water partition coefficient (Wildman–Crippen LogP) is 5.69. The Labute approximate surface area is 129 Å². The maximum absolute atomic E-state index is 5.64. The van der Waals surface area contributed by atoms with Crippen LogP contribution in [0.25, 0.3) is 22.1 Å². The molecular weight excluding hydrogens is 268 g/mol. The van der Waals surface area contributed by atoms with Gasteiger partial charge in [0.05, 0.1) is 6.26 Å². The Morgan fingerprint density at radius 1 is 0.682 bits per heavy atom. The molecule has 0 fully saturated rings. The van der Waals surface area contributed by atoms with Gasteiger partial charge in [0.1, 0.15) is 5.58 Å². The molecule has 0 aliphatic rings. The zero-order valence-corrected chi connectivity index (χ0v) is 12.2. The Hall–Kier alpha value is -2.80. The molecule has 22 heavy (non-hydrogen) atoms. The fourth-order valence-corrected chi connectivity index (χ4v) is 2.88. The van der Waals surface area contributed by atoms with Gasteiger partial charge in [-0.3, -0.25) is 0 Å². The van der Waals surface area contributed by atoms with Gasteiger partial charge in [-0.2, -0.15) is 0 Å². The first-order valence-corrected chi connectivity index (χ1v) is 7.50. The van der Waals surface area contributed by atoms with Gasteiger partial charge < -0.3 is 4.42 Å². The van der Waals surface area contributed by atoms with E-state index in [1.807, 2.05) is 24.5 Å². The highest BCUT2D eigenvalue weighted by atomic mass is 16.3. The smallest absolute Gasteiger partial charge is 0.134 e. The van der Waals surface area contributed by atoms with Crippen molar-refractivity contribution in [2.45, 2.75) is 6.42 Å². The van der Waals surface area contributed by atoms with Crippen LogP contribution in [-0.4, -0.2) is 0 Å². The molecule has 0 aliphatic carbocycles. The lowest BCUT2D eigenvalue weighted by Crippen LogP contribution is -1.87. The monoisotopic (exact) mass is 284 g/mol. The SMILES string of the molecule is c1ccc(-c2cccc(Cc3coc4ccccc34)c2)cc1. The molecule has 0 bridgehead atoms. The number of hydrogen-bond acceptors (Lipinski definition) is 1. The zero-order chi connectivity index (χ0) is 14.8. The molecule has 0 atom stereocenters. The molecule has 1 heteroatoms. The van der Waals surface area contributed by atoms with Gasteiger partial charge in [0.15, 0.2) is 0 Å². The Morgan fingerprint density at radius 3 is 2.36 bits per heavy atom. The van der Waals surface area contributed by atoms with Crippen LogP contribution in [0.3, 0.4) is 0 Å². The van der Waals surface area contributed by atoms with Crippen LogP contribution in [0.1, 0.15) is 11.1 Å². The molecule has 0 unspecified atom stereocenters. The lowest BCUT2D eigenvalue weighted by atomic mass is 9.99. The second-order valence-electron chi connectivity index (χ2n) is 5.50. The van der Waals surface area contributed by atoms with E-state index in [1.165, 1.54) is 27.6 Å². The van der Waals surface area contributed by atoms with Crippen molar-refractivity contribution in [3.8, 4) is 11.1 Å². The van der Waals surface area contributed by atoms with Crippen molar-refractivity contribution in [3.05, 3.63) is 96.3 Å². The number of fused-ring (bicyclic) bond motifs is 1. The lowest BCUT2D eigenvalue weighted by Gasteiger charge is -2.05. The number of para-hydroxylation sites is 1. The first kappa shape index (κ1) is 12.9. The third-order valence-corrected chi connectivity index (χ3v) is 3.99. The summed E-state index contributed by atoms with van der Waals surface area (Å²) in [6.45, 7) is 0. The quantitative estimate of drug-likeness (QED) is 0.471. The van der Waals surface area contributed by atoms with Crippen molar-refractivity contribution in [1.29, 1.82) is 0 Å². The van der Waals surface area contributed by atoms with Crippen LogP contribution < -0.4 is 0 Å². The van der Waals surface area contributed by atoms with E-state index in [0.29, 0.717) is 0 Å². The van der Waals surface area contributed by atoms with Crippen LogP contribution in [0.2, 0.25) is 0 Å². The summed E-state index contributed by atoms with van der Waals surface area (Å²) in [6, 6.07) is 27.4. The van der Waals surface area contributed by atoms with Crippen molar-refractivity contribution in [2.24, 2.45) is 0 Å². The lowest BCUT2D eigenvalue weighted by molar-refractivity contribution is 0.611. The summed E-state index contributed by atoms with van der Waals surface area (Å²) in [6.07, 6.45) is 2.76. The zero-order valence-electron chi connectivity index (χ0n) is 12.2. The van der Waals surface area contributed by atoms with Crippen LogP contribution in [0.15, 0.2) is 89.5 Å². The third kappa shape index (κ3) is 2.42. The third-order valence-electron chi connectivity index (χ3n) is 3.99. The van der Waals surface area contributed by atoms with Crippen molar-refractivity contribution in [1.82, 2.24) is 0 Å². The van der Waals surface area contributed by atoms with E-state index < -0.39 is 0 Å². The highest BCUT2D eigenvalue weighted by Crippen LogP contribution is 2.25. The van der Waals surface area contributed by atoms with E-state index in [1.54, 1.807) is 0 Å². The van der Waals surface area contributed by atoms with E-state index in [0.717, 1.165) is 12.0 Å². The molecule has 0 saturated carbocycles. The Kier molecular flexibility index (Phi) is 3.24. The summed E-state index contributed by atoms with van der Waals surface area (Å²) >= 11 is 0. The second-order valence-corrected chi connectivity index (χ2v) is 5.50. The number of furan rings is 1. The molecule has 0 saturated heterocycles. The summed E-state index contributed by atoms with van der Waals surface area (Å²) in [5.74, 6) is 0. The Morgan fingerprint density at radius 2 is 1.45 bits per heavy atom. The minimum atomic E-state index is 0.887. The van der Waals surface area contributed by atoms with Crippen molar-refractivity contribution >= 4 is 11.0 Å². The highest BCUT2D eigenvalue weighted by Gasteiger charge is 2.06. The first-order chi connectivity index (χ1) is 10.9. The van der Waals surface area contributed by atoms with Crippen molar-refractivity contribution in [2.75, 3.05) is 0 Å². The van der Waals surface area contributed by atoms with Gasteiger partial charge >= 0.3 is 0 Å². The fraction of sp³-hybridized carbons (Fsp3) is 0.0476. The molecule has 1 heterocycles. The van der Waals surface area contributed by atoms with E-state index in [2.05, 4.69) is 60.7 Å². The molecule has 1 nitrogen and oxygen atoms in total. The molecule has 0 aliphatic heterocycles. The molecule has 1 aromatic heterocycles. The topological polar surface area (TPSA) is 13.1 Å². The molecule has 0 N–H and O–H groups in total. The van der Waals surface area contributed by atoms with Crippen molar-refractivity contribution in [3.63, 3.8) is 0 Å². The Balaban J connectivity index is 1.69. The van der Waals surface area contributed by atoms with Crippen LogP contribution in [0.5, 0.6) is 0 Å². The summed E-state index contributed by atoms with van der Waals surface area (Å²) in [7, 11) is 0. The van der Waals surface area contributed by atoms with Crippen molar-refractivity contribution < 1.29 is 4.42 Å². The van der Waals surface area contributed by atoms with Crippen LogP contribution >= 0.6 is 0 Å². The molecule has 0 spiro atoms. The Bertz CT molecular complexity index is 903. The summed E-state index contributed by atoms with van der Waals surface area (Å²) in [5, 5.41) is 1.20. The maximum Gasteiger partial charge on any atom is 0.134 e. The average Bonchev–Trinajstić information content (AvgIpc) is 2.99. The second kappa shape index (κ2) is 5.53. The molecule has 3 aromatic carbocycles. The standard InChI is InChI=1S/C21H16O/c1-2-8-17(9-3-1)18-10-6-7-16(13-18)14-19-15-22-21-12-5-4-11-20(19)21/h1-13,15H,14H2. The minimum absolute atomic E-state index is 0.887. The van der Waals surface area contributed by atoms with Gasteiger partial charge in [-0.15, -0.1) is 0 Å². The molecule has 4 aromatic rings. The highest BCUT2D eigenvalue weighted by molar-refractivity contribution is 5.81. The normalized spacial score (nSPS) is 10.9. The molecular formula is C21H16O. The molecule has 0 amide bonds. The van der Waals surface area contributed by atoms with Gasteiger partial charge in [-0.05, 0) is 22.8 Å². The summed E-state index contributed by atoms with van der Waals surface area (Å²) in [4.78, 5) is 0. The van der Waals surface area contributed by atoms with Crippen LogP contribution in [0, 0.1) is 0 Å². The van der Waals surface area contributed by atoms with Gasteiger partial charge in [-0.25, -0.2) is 0 Å². The number of rotatable bonds is 3. The number of hydrogen-bond donors (Lipinski definition) is 0. The fourth-order valence-electron chi connectivity index (χ4n) is 2.88. The van der Waals surface area contributed by atoms with E-state index in [9.17, 15) is 0 Å². The molecule has 0 radical (unpaired) electrons. The average molecular weight is 284 g/mol. The van der Waals surface area contributed by atoms with Gasteiger partial charge in [-0.1, -0.05) is 72.8 Å². The van der Waals surface area contributed by atoms with Gasteiger partial charge in [0.2, 0.25) is 0 Å². The van der Waals surface area contributed by atoms with E-state index in [4.69, 9.17) is 4.42 Å². The largest absolute Gasteiger partial charge is 0.464 e. The predicted molar refractivity (Wildman–Crippen MR) is 90.9 cm³/mol. The molecule has 4 rings (SSSR count). The van der Waals surface area contributed by atoms with Crippen LogP contribution in [-0.2, 0) is 6.42 Å². The van der Waals surface area contributed by atoms with E-state index >= 15 is 0 Å². The van der Waals surface area contributed by atoms with Gasteiger partial charge in [0, 0.05) is 17.4 Å². The minimum Gasteiger partial charge on any atom is -0.464 e. The summed E-state index contributed by atoms with van der Waals surface area (Å²) < 4.78 is 5.64.